The van der Waals surface area contributed by atoms with Crippen LogP contribution in [0.25, 0.3) is 11.0 Å². The van der Waals surface area contributed by atoms with Gasteiger partial charge in [-0.1, -0.05) is 5.16 Å². The number of methoxy groups -OCH3 is 1. The van der Waals surface area contributed by atoms with E-state index in [2.05, 4.69) is 5.16 Å². The zero-order valence-corrected chi connectivity index (χ0v) is 20.5. The van der Waals surface area contributed by atoms with Gasteiger partial charge in [0.15, 0.2) is 0 Å². The van der Waals surface area contributed by atoms with Gasteiger partial charge in [0, 0.05) is 18.2 Å². The van der Waals surface area contributed by atoms with Crippen LogP contribution in [0.3, 0.4) is 0 Å². The summed E-state index contributed by atoms with van der Waals surface area (Å²) in [5, 5.41) is 36.0. The maximum Gasteiger partial charge on any atom is 0.349 e. The Labute approximate surface area is 206 Å². The van der Waals surface area contributed by atoms with E-state index in [1.54, 1.807) is 32.9 Å². The van der Waals surface area contributed by atoms with E-state index in [9.17, 15) is 20.1 Å². The number of oxime groups is 1. The first-order valence-corrected chi connectivity index (χ1v) is 11.3. The van der Waals surface area contributed by atoms with E-state index >= 15 is 0 Å². The molecule has 1 aromatic carbocycles. The van der Waals surface area contributed by atoms with E-state index in [4.69, 9.17) is 27.9 Å². The number of aliphatic hydroxyl groups is 2. The van der Waals surface area contributed by atoms with E-state index in [1.165, 1.54) is 32.6 Å². The van der Waals surface area contributed by atoms with Crippen LogP contribution in [0.4, 0.5) is 0 Å². The molecule has 4 atom stereocenters. The Morgan fingerprint density at radius 2 is 1.94 bits per heavy atom. The normalized spacial score (nSPS) is 24.1. The molecule has 0 saturated carbocycles. The van der Waals surface area contributed by atoms with Crippen molar-refractivity contribution < 1.29 is 43.2 Å². The highest BCUT2D eigenvalue weighted by Gasteiger charge is 2.50. The average Bonchev–Trinajstić information content (AvgIpc) is 3.33. The third kappa shape index (κ3) is 4.70. The van der Waals surface area contributed by atoms with Crippen molar-refractivity contribution in [2.75, 3.05) is 7.11 Å². The van der Waals surface area contributed by atoms with Crippen LogP contribution >= 0.6 is 0 Å². The summed E-state index contributed by atoms with van der Waals surface area (Å²) in [4.78, 5) is 18.0. The Hall–Kier alpha value is -3.38. The molecule has 0 unspecified atom stereocenters. The summed E-state index contributed by atoms with van der Waals surface area (Å²) in [7, 11) is 1.42. The van der Waals surface area contributed by atoms with E-state index in [0.29, 0.717) is 5.56 Å². The second-order valence-corrected chi connectivity index (χ2v) is 9.11. The first-order valence-electron chi connectivity index (χ1n) is 11.3. The third-order valence-corrected chi connectivity index (χ3v) is 6.16. The molecule has 0 bridgehead atoms. The van der Waals surface area contributed by atoms with Crippen LogP contribution in [-0.4, -0.2) is 58.3 Å². The molecule has 3 aromatic rings. The summed E-state index contributed by atoms with van der Waals surface area (Å²) in [6, 6.07) is 4.76. The number of hydrogen-bond donors (Lipinski definition) is 3. The Morgan fingerprint density at radius 3 is 2.61 bits per heavy atom. The summed E-state index contributed by atoms with van der Waals surface area (Å²) in [6.45, 7) is 6.69. The molecule has 1 saturated heterocycles. The number of rotatable bonds is 7. The first-order chi connectivity index (χ1) is 17.0. The van der Waals surface area contributed by atoms with E-state index in [-0.39, 0.29) is 40.4 Å². The predicted octanol–water partition coefficient (Wildman–Crippen LogP) is 2.59. The number of ether oxygens (including phenoxy) is 3. The molecule has 3 heterocycles. The summed E-state index contributed by atoms with van der Waals surface area (Å²) in [5.41, 5.74) is -0.553. The van der Waals surface area contributed by atoms with Gasteiger partial charge in [0.05, 0.1) is 29.2 Å². The molecule has 4 rings (SSSR count). The summed E-state index contributed by atoms with van der Waals surface area (Å²) >= 11 is 0. The van der Waals surface area contributed by atoms with Crippen molar-refractivity contribution in [2.45, 2.75) is 64.5 Å². The fourth-order valence-electron chi connectivity index (χ4n) is 4.27. The minimum Gasteiger partial charge on any atom is -0.506 e. The number of aromatic hydroxyl groups is 1. The highest BCUT2D eigenvalue weighted by Crippen LogP contribution is 2.37. The summed E-state index contributed by atoms with van der Waals surface area (Å²) < 4.78 is 27.5. The lowest BCUT2D eigenvalue weighted by atomic mass is 9.89. The molecule has 194 valence electrons. The topological polar surface area (TPSA) is 153 Å². The van der Waals surface area contributed by atoms with Crippen LogP contribution in [-0.2, 0) is 20.9 Å². The van der Waals surface area contributed by atoms with Crippen molar-refractivity contribution in [1.82, 2.24) is 0 Å². The van der Waals surface area contributed by atoms with Gasteiger partial charge >= 0.3 is 5.63 Å². The second kappa shape index (κ2) is 9.94. The molecule has 0 amide bonds. The Morgan fingerprint density at radius 1 is 1.19 bits per heavy atom. The quantitative estimate of drug-likeness (QED) is 0.249. The number of aliphatic hydroxyl groups excluding tert-OH is 2. The van der Waals surface area contributed by atoms with Gasteiger partial charge in [0.25, 0.3) is 0 Å². The van der Waals surface area contributed by atoms with Crippen molar-refractivity contribution in [3.8, 4) is 11.5 Å². The van der Waals surface area contributed by atoms with E-state index in [0.717, 1.165) is 5.56 Å². The molecule has 0 radical (unpaired) electrons. The maximum atomic E-state index is 12.8. The molecule has 2 aromatic heterocycles. The molecule has 3 N–H and O–H groups in total. The zero-order valence-electron chi connectivity index (χ0n) is 20.5. The molecule has 11 nitrogen and oxygen atoms in total. The Balaban J connectivity index is 1.62. The predicted molar refractivity (Wildman–Crippen MR) is 127 cm³/mol. The summed E-state index contributed by atoms with van der Waals surface area (Å²) in [5.74, 6) is -0.0907. The van der Waals surface area contributed by atoms with Crippen molar-refractivity contribution >= 4 is 16.7 Å². The van der Waals surface area contributed by atoms with Gasteiger partial charge < -0.3 is 43.2 Å². The second-order valence-electron chi connectivity index (χ2n) is 9.11. The molecule has 1 fully saturated rings. The van der Waals surface area contributed by atoms with Gasteiger partial charge in [0.2, 0.25) is 6.29 Å². The molecular weight excluding hydrogens is 474 g/mol. The van der Waals surface area contributed by atoms with Crippen LogP contribution in [0.2, 0.25) is 0 Å². The minimum absolute atomic E-state index is 0.0886. The SMILES string of the molecule is CO[C@@H]1[C@@H](O)[C@@H](O)[C@H](Oc2ccc3c(O)c(/C(C)=N\OCc4ccoc4)c(=O)oc3c2C)OC1(C)C. The Bertz CT molecular complexity index is 1310. The van der Waals surface area contributed by atoms with E-state index < -0.39 is 35.8 Å². The van der Waals surface area contributed by atoms with Crippen molar-refractivity contribution in [3.05, 3.63) is 57.8 Å². The Kier molecular flexibility index (Phi) is 7.10. The van der Waals surface area contributed by atoms with Gasteiger partial charge in [-0.25, -0.2) is 4.79 Å². The van der Waals surface area contributed by atoms with Crippen LogP contribution in [0.5, 0.6) is 11.5 Å². The molecular formula is C25H29NO10. The number of hydrogen-bond acceptors (Lipinski definition) is 11. The number of nitrogens with zero attached hydrogens (tertiary/aromatic N) is 1. The molecule has 1 aliphatic heterocycles. The first kappa shape index (κ1) is 25.7. The smallest absolute Gasteiger partial charge is 0.349 e. The summed E-state index contributed by atoms with van der Waals surface area (Å²) in [6.07, 6.45) is -1.65. The zero-order chi connectivity index (χ0) is 26.2. The minimum atomic E-state index is -1.40. The molecule has 36 heavy (non-hydrogen) atoms. The maximum absolute atomic E-state index is 12.8. The van der Waals surface area contributed by atoms with E-state index in [1.807, 2.05) is 0 Å². The number of furan rings is 1. The fourth-order valence-corrected chi connectivity index (χ4v) is 4.27. The van der Waals surface area contributed by atoms with Crippen LogP contribution in [0.15, 0.2) is 49.5 Å². The molecule has 11 heteroatoms. The van der Waals surface area contributed by atoms with Crippen LogP contribution in [0.1, 0.15) is 37.5 Å². The van der Waals surface area contributed by atoms with Gasteiger partial charge in [-0.05, 0) is 45.9 Å². The molecule has 0 spiro atoms. The highest BCUT2D eigenvalue weighted by molar-refractivity contribution is 6.04. The fraction of sp³-hybridized carbons (Fsp3) is 0.440. The standard InChI is InChI=1S/C25H29NO10/c1-12-16(34-24-20(29)19(28)22(31-5)25(3,4)36-24)7-6-15-18(27)17(23(30)35-21(12)15)13(2)26-33-11-14-8-9-32-10-14/h6-10,19-20,22,24,27-29H,11H2,1-5H3/b26-13-/t19-,20+,22+,24+/m0/s1. The monoisotopic (exact) mass is 503 g/mol. The van der Waals surface area contributed by atoms with Gasteiger partial charge in [-0.15, -0.1) is 0 Å². The lowest BCUT2D eigenvalue weighted by molar-refractivity contribution is -0.306. The van der Waals surface area contributed by atoms with Gasteiger partial charge in [-0.2, -0.15) is 0 Å². The van der Waals surface area contributed by atoms with Crippen molar-refractivity contribution in [2.24, 2.45) is 5.16 Å². The molecule has 0 aliphatic carbocycles. The third-order valence-electron chi connectivity index (χ3n) is 6.16. The van der Waals surface area contributed by atoms with Crippen molar-refractivity contribution in [1.29, 1.82) is 0 Å². The highest BCUT2D eigenvalue weighted by atomic mass is 16.7. The number of benzene rings is 1. The van der Waals surface area contributed by atoms with Crippen LogP contribution in [0, 0.1) is 6.92 Å². The van der Waals surface area contributed by atoms with Crippen molar-refractivity contribution in [3.63, 3.8) is 0 Å². The largest absolute Gasteiger partial charge is 0.506 e. The number of aryl methyl sites for hydroxylation is 1. The van der Waals surface area contributed by atoms with Gasteiger partial charge in [-0.3, -0.25) is 0 Å². The average molecular weight is 504 g/mol. The lowest BCUT2D eigenvalue weighted by Crippen LogP contribution is -2.63. The molecule has 1 aliphatic rings. The van der Waals surface area contributed by atoms with Crippen LogP contribution < -0.4 is 10.4 Å². The van der Waals surface area contributed by atoms with Gasteiger partial charge in [0.1, 0.15) is 47.6 Å². The number of fused-ring (bicyclic) bond motifs is 1. The lowest BCUT2D eigenvalue weighted by Gasteiger charge is -2.46.